The van der Waals surface area contributed by atoms with Crippen LogP contribution in [0.2, 0.25) is 0 Å². The van der Waals surface area contributed by atoms with Gasteiger partial charge < -0.3 is 10.2 Å². The van der Waals surface area contributed by atoms with Crippen molar-refractivity contribution in [2.75, 3.05) is 26.2 Å². The number of hydrogen-bond donors (Lipinski definition) is 1. The lowest BCUT2D eigenvalue weighted by Gasteiger charge is -2.35. The summed E-state index contributed by atoms with van der Waals surface area (Å²) in [5, 5.41) is 3.38. The van der Waals surface area contributed by atoms with Crippen molar-refractivity contribution in [1.82, 2.24) is 15.1 Å². The first-order valence-corrected chi connectivity index (χ1v) is 8.43. The van der Waals surface area contributed by atoms with Crippen molar-refractivity contribution < 1.29 is 4.79 Å². The van der Waals surface area contributed by atoms with Gasteiger partial charge in [-0.25, -0.2) is 0 Å². The first-order valence-electron chi connectivity index (χ1n) is 8.43. The Balaban J connectivity index is 0.00000192. The lowest BCUT2D eigenvalue weighted by atomic mass is 10.1. The van der Waals surface area contributed by atoms with Gasteiger partial charge in [-0.15, -0.1) is 12.4 Å². The highest BCUT2D eigenvalue weighted by Gasteiger charge is 2.33. The van der Waals surface area contributed by atoms with Crippen LogP contribution in [0.1, 0.15) is 30.9 Å². The van der Waals surface area contributed by atoms with Crippen LogP contribution in [0.4, 0.5) is 0 Å². The molecule has 1 saturated carbocycles. The molecule has 1 aliphatic carbocycles. The van der Waals surface area contributed by atoms with Crippen molar-refractivity contribution >= 4 is 18.3 Å². The fourth-order valence-corrected chi connectivity index (χ4v) is 3.08. The van der Waals surface area contributed by atoms with Gasteiger partial charge in [0.25, 0.3) is 0 Å². The standard InChI is InChI=1S/C18H27N3O.ClH/c1-14-3-5-16(6-4-14)12-21(17-7-8-17)18(22)13-20-10-9-19-11-15(20)2;/h3-6,15,17,19H,7-13H2,1-2H3;1H/t15-;/m1./s1. The molecule has 3 rings (SSSR count). The summed E-state index contributed by atoms with van der Waals surface area (Å²) in [6.07, 6.45) is 2.32. The summed E-state index contributed by atoms with van der Waals surface area (Å²) in [5.74, 6) is 0.289. The average Bonchev–Trinajstić information content (AvgIpc) is 3.33. The molecular formula is C18H28ClN3O. The van der Waals surface area contributed by atoms with Gasteiger partial charge in [-0.2, -0.15) is 0 Å². The van der Waals surface area contributed by atoms with Crippen LogP contribution in [-0.2, 0) is 11.3 Å². The highest BCUT2D eigenvalue weighted by Crippen LogP contribution is 2.28. The molecule has 1 aliphatic heterocycles. The molecule has 4 nitrogen and oxygen atoms in total. The second-order valence-electron chi connectivity index (χ2n) is 6.76. The summed E-state index contributed by atoms with van der Waals surface area (Å²) in [5.41, 5.74) is 2.50. The van der Waals surface area contributed by atoms with Crippen LogP contribution in [0, 0.1) is 6.92 Å². The van der Waals surface area contributed by atoms with Gasteiger partial charge in [-0.3, -0.25) is 9.69 Å². The van der Waals surface area contributed by atoms with Crippen LogP contribution in [0.25, 0.3) is 0 Å². The molecule has 0 spiro atoms. The van der Waals surface area contributed by atoms with E-state index in [0.717, 1.165) is 39.0 Å². The minimum absolute atomic E-state index is 0. The van der Waals surface area contributed by atoms with Crippen LogP contribution in [0.15, 0.2) is 24.3 Å². The Kier molecular flexibility index (Phi) is 6.45. The molecule has 1 heterocycles. The first kappa shape index (κ1) is 18.2. The van der Waals surface area contributed by atoms with E-state index in [1.807, 2.05) is 0 Å². The van der Waals surface area contributed by atoms with Crippen molar-refractivity contribution in [2.45, 2.75) is 45.3 Å². The van der Waals surface area contributed by atoms with Crippen molar-refractivity contribution in [1.29, 1.82) is 0 Å². The van der Waals surface area contributed by atoms with Gasteiger partial charge in [-0.1, -0.05) is 29.8 Å². The van der Waals surface area contributed by atoms with E-state index in [0.29, 0.717) is 18.6 Å². The molecule has 0 aromatic heterocycles. The molecule has 1 saturated heterocycles. The maximum Gasteiger partial charge on any atom is 0.237 e. The number of amides is 1. The third-order valence-corrected chi connectivity index (χ3v) is 4.76. The van der Waals surface area contributed by atoms with Crippen molar-refractivity contribution in [2.24, 2.45) is 0 Å². The number of rotatable bonds is 5. The van der Waals surface area contributed by atoms with E-state index in [4.69, 9.17) is 0 Å². The summed E-state index contributed by atoms with van der Waals surface area (Å²) in [4.78, 5) is 17.2. The molecule has 1 aromatic carbocycles. The second-order valence-corrected chi connectivity index (χ2v) is 6.76. The third kappa shape index (κ3) is 4.93. The third-order valence-electron chi connectivity index (χ3n) is 4.76. The van der Waals surface area contributed by atoms with Gasteiger partial charge in [-0.05, 0) is 32.3 Å². The number of halogens is 1. The maximum atomic E-state index is 12.8. The van der Waals surface area contributed by atoms with E-state index < -0.39 is 0 Å². The zero-order valence-electron chi connectivity index (χ0n) is 14.1. The minimum Gasteiger partial charge on any atom is -0.334 e. The topological polar surface area (TPSA) is 35.6 Å². The van der Waals surface area contributed by atoms with Gasteiger partial charge in [0.2, 0.25) is 5.91 Å². The smallest absolute Gasteiger partial charge is 0.237 e. The summed E-state index contributed by atoms with van der Waals surface area (Å²) < 4.78 is 0. The van der Waals surface area contributed by atoms with Gasteiger partial charge in [0.1, 0.15) is 0 Å². The molecular weight excluding hydrogens is 310 g/mol. The van der Waals surface area contributed by atoms with E-state index >= 15 is 0 Å². The normalized spacial score (nSPS) is 21.6. The molecule has 2 fully saturated rings. The number of carbonyl (C=O) groups is 1. The Bertz CT molecular complexity index is 516. The number of aryl methyl sites for hydroxylation is 1. The largest absolute Gasteiger partial charge is 0.334 e. The Hall–Kier alpha value is -1.10. The molecule has 0 bridgehead atoms. The fourth-order valence-electron chi connectivity index (χ4n) is 3.08. The minimum atomic E-state index is 0. The molecule has 23 heavy (non-hydrogen) atoms. The van der Waals surface area contributed by atoms with E-state index in [-0.39, 0.29) is 18.3 Å². The number of nitrogens with zero attached hydrogens (tertiary/aromatic N) is 2. The van der Waals surface area contributed by atoms with Gasteiger partial charge in [0.15, 0.2) is 0 Å². The predicted molar refractivity (Wildman–Crippen MR) is 95.9 cm³/mol. The van der Waals surface area contributed by atoms with Crippen molar-refractivity contribution in [3.63, 3.8) is 0 Å². The van der Waals surface area contributed by atoms with Crippen LogP contribution >= 0.6 is 12.4 Å². The molecule has 1 atom stereocenters. The van der Waals surface area contributed by atoms with E-state index in [1.165, 1.54) is 11.1 Å². The maximum absolute atomic E-state index is 12.8. The number of piperazine rings is 1. The predicted octanol–water partition coefficient (Wildman–Crippen LogP) is 2.20. The Morgan fingerprint density at radius 1 is 1.30 bits per heavy atom. The SMILES string of the molecule is Cc1ccc(CN(C(=O)CN2CCNC[C@H]2C)C2CC2)cc1.Cl. The molecule has 1 N–H and O–H groups in total. The van der Waals surface area contributed by atoms with Crippen molar-refractivity contribution in [3.05, 3.63) is 35.4 Å². The summed E-state index contributed by atoms with van der Waals surface area (Å²) in [6.45, 7) is 8.54. The fraction of sp³-hybridized carbons (Fsp3) is 0.611. The van der Waals surface area contributed by atoms with Crippen LogP contribution in [0.3, 0.4) is 0 Å². The number of benzene rings is 1. The molecule has 0 unspecified atom stereocenters. The van der Waals surface area contributed by atoms with Crippen LogP contribution < -0.4 is 5.32 Å². The van der Waals surface area contributed by atoms with E-state index in [1.54, 1.807) is 0 Å². The summed E-state index contributed by atoms with van der Waals surface area (Å²) in [7, 11) is 0. The average molecular weight is 338 g/mol. The molecule has 5 heteroatoms. The quantitative estimate of drug-likeness (QED) is 0.894. The summed E-state index contributed by atoms with van der Waals surface area (Å²) >= 11 is 0. The van der Waals surface area contributed by atoms with E-state index in [2.05, 4.69) is 53.2 Å². The number of hydrogen-bond acceptors (Lipinski definition) is 3. The van der Waals surface area contributed by atoms with Crippen molar-refractivity contribution in [3.8, 4) is 0 Å². The Morgan fingerprint density at radius 2 is 2.00 bits per heavy atom. The molecule has 0 radical (unpaired) electrons. The second kappa shape index (κ2) is 8.13. The monoisotopic (exact) mass is 337 g/mol. The Morgan fingerprint density at radius 3 is 2.61 bits per heavy atom. The zero-order valence-corrected chi connectivity index (χ0v) is 14.9. The van der Waals surface area contributed by atoms with Gasteiger partial charge in [0, 0.05) is 38.3 Å². The highest BCUT2D eigenvalue weighted by atomic mass is 35.5. The molecule has 128 valence electrons. The first-order chi connectivity index (χ1) is 10.6. The van der Waals surface area contributed by atoms with Crippen LogP contribution in [0.5, 0.6) is 0 Å². The molecule has 1 amide bonds. The summed E-state index contributed by atoms with van der Waals surface area (Å²) in [6, 6.07) is 9.45. The van der Waals surface area contributed by atoms with Gasteiger partial charge >= 0.3 is 0 Å². The van der Waals surface area contributed by atoms with E-state index in [9.17, 15) is 4.79 Å². The number of nitrogens with one attached hydrogen (secondary N) is 1. The lowest BCUT2D eigenvalue weighted by Crippen LogP contribution is -2.53. The molecule has 2 aliphatic rings. The lowest BCUT2D eigenvalue weighted by molar-refractivity contribution is -0.134. The van der Waals surface area contributed by atoms with Gasteiger partial charge in [0.05, 0.1) is 6.54 Å². The highest BCUT2D eigenvalue weighted by molar-refractivity contribution is 5.85. The number of carbonyl (C=O) groups excluding carboxylic acids is 1. The molecule has 1 aromatic rings. The zero-order chi connectivity index (χ0) is 15.5. The van der Waals surface area contributed by atoms with Crippen LogP contribution in [-0.4, -0.2) is 54.0 Å². The Labute approximate surface area is 145 Å².